The maximum Gasteiger partial charge on any atom is 0.269 e. The molecule has 2 amide bonds. The van der Waals surface area contributed by atoms with E-state index in [9.17, 15) is 19.7 Å². The summed E-state index contributed by atoms with van der Waals surface area (Å²) in [5, 5.41) is 24.3. The van der Waals surface area contributed by atoms with Crippen LogP contribution in [-0.4, -0.2) is 32.7 Å². The summed E-state index contributed by atoms with van der Waals surface area (Å²) in [6.07, 6.45) is 0. The van der Waals surface area contributed by atoms with E-state index in [1.54, 1.807) is 36.4 Å². The van der Waals surface area contributed by atoms with E-state index in [-0.39, 0.29) is 23.3 Å². The Labute approximate surface area is 169 Å². The average molecular weight is 409 g/mol. The molecule has 0 bridgehead atoms. The smallest absolute Gasteiger partial charge is 0.269 e. The number of nitro groups is 1. The van der Waals surface area contributed by atoms with Gasteiger partial charge < -0.3 is 10.6 Å². The van der Waals surface area contributed by atoms with E-state index in [0.29, 0.717) is 22.1 Å². The lowest BCUT2D eigenvalue weighted by molar-refractivity contribution is -0.384. The zero-order valence-corrected chi connectivity index (χ0v) is 15.8. The molecule has 2 aromatic carbocycles. The molecule has 0 aliphatic carbocycles. The quantitative estimate of drug-likeness (QED) is 0.348. The summed E-state index contributed by atoms with van der Waals surface area (Å²) in [6.45, 7) is 0. The maximum atomic E-state index is 12.1. The molecule has 146 valence electrons. The van der Waals surface area contributed by atoms with Crippen LogP contribution in [0.3, 0.4) is 0 Å². The maximum absolute atomic E-state index is 12.1. The number of rotatable bonds is 7. The highest BCUT2D eigenvalue weighted by atomic mass is 32.2. The first-order chi connectivity index (χ1) is 14.0. The van der Waals surface area contributed by atoms with Crippen molar-refractivity contribution in [2.45, 2.75) is 5.03 Å². The molecule has 9 nitrogen and oxygen atoms in total. The van der Waals surface area contributed by atoms with E-state index in [4.69, 9.17) is 0 Å². The molecular formula is C19H15N5O4S. The molecule has 0 saturated heterocycles. The second-order valence-corrected chi connectivity index (χ2v) is 6.71. The van der Waals surface area contributed by atoms with Gasteiger partial charge >= 0.3 is 0 Å². The number of nitro benzene ring substituents is 1. The van der Waals surface area contributed by atoms with Crippen LogP contribution in [0.2, 0.25) is 0 Å². The van der Waals surface area contributed by atoms with Crippen molar-refractivity contribution in [1.82, 2.24) is 10.2 Å². The Bertz CT molecular complexity index is 1010. The number of non-ortho nitro benzene ring substituents is 1. The number of thioether (sulfide) groups is 1. The number of nitrogens with one attached hydrogen (secondary N) is 2. The molecule has 0 unspecified atom stereocenters. The highest BCUT2D eigenvalue weighted by Crippen LogP contribution is 2.18. The van der Waals surface area contributed by atoms with Gasteiger partial charge in [-0.3, -0.25) is 19.7 Å². The van der Waals surface area contributed by atoms with Crippen molar-refractivity contribution >= 4 is 40.8 Å². The standard InChI is InChI=1S/C19H15N5O4S/c25-17(20-14-6-8-15(9-7-14)24(27)28)12-29-18-11-10-16(22-23-18)21-19(26)13-4-2-1-3-5-13/h1-11H,12H2,(H,20,25)(H,21,22,26). The Balaban J connectivity index is 1.48. The fourth-order valence-electron chi connectivity index (χ4n) is 2.24. The fourth-order valence-corrected chi connectivity index (χ4v) is 2.86. The van der Waals surface area contributed by atoms with Crippen LogP contribution >= 0.6 is 11.8 Å². The summed E-state index contributed by atoms with van der Waals surface area (Å²) in [4.78, 5) is 34.2. The van der Waals surface area contributed by atoms with Crippen LogP contribution in [0, 0.1) is 10.1 Å². The topological polar surface area (TPSA) is 127 Å². The molecule has 1 aromatic heterocycles. The Morgan fingerprint density at radius 1 is 0.931 bits per heavy atom. The molecule has 29 heavy (non-hydrogen) atoms. The number of amides is 2. The highest BCUT2D eigenvalue weighted by molar-refractivity contribution is 7.99. The Morgan fingerprint density at radius 3 is 2.28 bits per heavy atom. The van der Waals surface area contributed by atoms with E-state index in [2.05, 4.69) is 20.8 Å². The van der Waals surface area contributed by atoms with Crippen molar-refractivity contribution in [2.24, 2.45) is 0 Å². The number of aromatic nitrogens is 2. The van der Waals surface area contributed by atoms with Gasteiger partial charge in [-0.1, -0.05) is 30.0 Å². The lowest BCUT2D eigenvalue weighted by Crippen LogP contribution is -2.14. The predicted octanol–water partition coefficient (Wildman–Crippen LogP) is 3.37. The summed E-state index contributed by atoms with van der Waals surface area (Å²) in [6, 6.07) is 17.5. The first kappa shape index (κ1) is 20.0. The van der Waals surface area contributed by atoms with Gasteiger partial charge in [0.05, 0.1) is 10.7 Å². The van der Waals surface area contributed by atoms with Gasteiger partial charge in [-0.2, -0.15) is 0 Å². The second kappa shape index (κ2) is 9.42. The van der Waals surface area contributed by atoms with E-state index >= 15 is 0 Å². The summed E-state index contributed by atoms with van der Waals surface area (Å²) in [7, 11) is 0. The largest absolute Gasteiger partial charge is 0.325 e. The number of benzene rings is 2. The molecule has 0 fully saturated rings. The van der Waals surface area contributed by atoms with Gasteiger partial charge in [-0.05, 0) is 36.4 Å². The lowest BCUT2D eigenvalue weighted by Gasteiger charge is -2.06. The van der Waals surface area contributed by atoms with Crippen LogP contribution in [0.4, 0.5) is 17.2 Å². The third-order valence-electron chi connectivity index (χ3n) is 3.63. The van der Waals surface area contributed by atoms with Gasteiger partial charge in [0, 0.05) is 23.4 Å². The van der Waals surface area contributed by atoms with Gasteiger partial charge in [0.25, 0.3) is 11.6 Å². The fraction of sp³-hybridized carbons (Fsp3) is 0.0526. The molecule has 0 radical (unpaired) electrons. The summed E-state index contributed by atoms with van der Waals surface area (Å²) in [5.74, 6) is -0.185. The van der Waals surface area contributed by atoms with Gasteiger partial charge in [0.1, 0.15) is 5.03 Å². The third kappa shape index (κ3) is 5.84. The number of anilines is 2. The van der Waals surface area contributed by atoms with Gasteiger partial charge in [0.15, 0.2) is 5.82 Å². The van der Waals surface area contributed by atoms with Crippen LogP contribution in [0.5, 0.6) is 0 Å². The molecule has 1 heterocycles. The second-order valence-electron chi connectivity index (χ2n) is 5.72. The lowest BCUT2D eigenvalue weighted by atomic mass is 10.2. The molecule has 2 N–H and O–H groups in total. The monoisotopic (exact) mass is 409 g/mol. The average Bonchev–Trinajstić information content (AvgIpc) is 2.74. The zero-order chi connectivity index (χ0) is 20.6. The van der Waals surface area contributed by atoms with Crippen LogP contribution in [-0.2, 0) is 4.79 Å². The van der Waals surface area contributed by atoms with Gasteiger partial charge in [-0.15, -0.1) is 10.2 Å². The molecule has 0 aliphatic heterocycles. The van der Waals surface area contributed by atoms with E-state index in [0.717, 1.165) is 0 Å². The Kier molecular flexibility index (Phi) is 6.48. The Hall–Kier alpha value is -3.79. The van der Waals surface area contributed by atoms with Crippen LogP contribution < -0.4 is 10.6 Å². The number of carbonyl (C=O) groups is 2. The molecule has 0 spiro atoms. The van der Waals surface area contributed by atoms with E-state index in [1.807, 2.05) is 6.07 Å². The minimum absolute atomic E-state index is 0.0490. The minimum Gasteiger partial charge on any atom is -0.325 e. The van der Waals surface area contributed by atoms with Gasteiger partial charge in [-0.25, -0.2) is 0 Å². The summed E-state index contributed by atoms with van der Waals surface area (Å²) in [5.41, 5.74) is 0.925. The summed E-state index contributed by atoms with van der Waals surface area (Å²) < 4.78 is 0. The molecule has 0 saturated carbocycles. The molecule has 0 aliphatic rings. The van der Waals surface area contributed by atoms with Crippen LogP contribution in [0.1, 0.15) is 10.4 Å². The SMILES string of the molecule is O=C(CSc1ccc(NC(=O)c2ccccc2)nn1)Nc1ccc([N+](=O)[O-])cc1. The molecule has 3 rings (SSSR count). The van der Waals surface area contributed by atoms with Gasteiger partial charge in [0.2, 0.25) is 5.91 Å². The van der Waals surface area contributed by atoms with Crippen molar-refractivity contribution in [1.29, 1.82) is 0 Å². The normalized spacial score (nSPS) is 10.2. The molecule has 0 atom stereocenters. The van der Waals surface area contributed by atoms with Crippen molar-refractivity contribution < 1.29 is 14.5 Å². The number of hydrogen-bond acceptors (Lipinski definition) is 7. The van der Waals surface area contributed by atoms with Crippen molar-refractivity contribution in [3.05, 3.63) is 82.4 Å². The first-order valence-electron chi connectivity index (χ1n) is 8.38. The first-order valence-corrected chi connectivity index (χ1v) is 9.37. The van der Waals surface area contributed by atoms with E-state index < -0.39 is 4.92 Å². The van der Waals surface area contributed by atoms with Crippen molar-refractivity contribution in [2.75, 3.05) is 16.4 Å². The zero-order valence-electron chi connectivity index (χ0n) is 14.9. The van der Waals surface area contributed by atoms with Crippen LogP contribution in [0.25, 0.3) is 0 Å². The van der Waals surface area contributed by atoms with Crippen LogP contribution in [0.15, 0.2) is 71.8 Å². The number of hydrogen-bond donors (Lipinski definition) is 2. The van der Waals surface area contributed by atoms with Crippen molar-refractivity contribution in [3.63, 3.8) is 0 Å². The number of carbonyl (C=O) groups excluding carboxylic acids is 2. The molecular weight excluding hydrogens is 394 g/mol. The summed E-state index contributed by atoms with van der Waals surface area (Å²) >= 11 is 1.17. The minimum atomic E-state index is -0.508. The third-order valence-corrected chi connectivity index (χ3v) is 4.55. The highest BCUT2D eigenvalue weighted by Gasteiger charge is 2.09. The van der Waals surface area contributed by atoms with E-state index in [1.165, 1.54) is 36.0 Å². The molecule has 10 heteroatoms. The molecule has 3 aromatic rings. The predicted molar refractivity (Wildman–Crippen MR) is 109 cm³/mol. The Morgan fingerprint density at radius 2 is 1.66 bits per heavy atom. The number of nitrogens with zero attached hydrogens (tertiary/aromatic N) is 3. The van der Waals surface area contributed by atoms with Crippen molar-refractivity contribution in [3.8, 4) is 0 Å².